The van der Waals surface area contributed by atoms with Gasteiger partial charge in [-0.2, -0.15) is 13.2 Å². The van der Waals surface area contributed by atoms with Crippen molar-refractivity contribution in [2.45, 2.75) is 37.9 Å². The van der Waals surface area contributed by atoms with E-state index in [0.717, 1.165) is 18.9 Å². The summed E-state index contributed by atoms with van der Waals surface area (Å²) in [6, 6.07) is 4.28. The summed E-state index contributed by atoms with van der Waals surface area (Å²) < 4.78 is 38.3. The first-order chi connectivity index (χ1) is 7.32. The molecule has 0 unspecified atom stereocenters. The summed E-state index contributed by atoms with van der Waals surface area (Å²) in [7, 11) is 0. The van der Waals surface area contributed by atoms with Crippen molar-refractivity contribution in [3.8, 4) is 0 Å². The van der Waals surface area contributed by atoms with Crippen LogP contribution < -0.4 is 5.73 Å². The molecule has 1 aromatic carbocycles. The fourth-order valence-electron chi connectivity index (χ4n) is 1.89. The summed E-state index contributed by atoms with van der Waals surface area (Å²) >= 11 is 0. The molecule has 0 spiro atoms. The van der Waals surface area contributed by atoms with E-state index in [2.05, 4.69) is 0 Å². The second-order valence-corrected chi connectivity index (χ2v) is 4.64. The zero-order valence-corrected chi connectivity index (χ0v) is 9.06. The predicted molar refractivity (Wildman–Crippen MR) is 56.0 cm³/mol. The molecule has 0 aromatic heterocycles. The maximum atomic E-state index is 12.8. The normalized spacial score (nSPS) is 18.6. The Labute approximate surface area is 92.5 Å². The van der Waals surface area contributed by atoms with E-state index in [0.29, 0.717) is 17.5 Å². The minimum Gasteiger partial charge on any atom is -0.325 e. The molecule has 88 valence electrons. The average molecular weight is 229 g/mol. The Morgan fingerprint density at radius 3 is 2.44 bits per heavy atom. The predicted octanol–water partition coefficient (Wildman–Crippen LogP) is 3.05. The molecule has 1 nitrogen and oxygen atoms in total. The number of aryl methyl sites for hydroxylation is 1. The van der Waals surface area contributed by atoms with Crippen molar-refractivity contribution in [2.24, 2.45) is 5.73 Å². The number of nitrogens with two attached hydrogens (primary N) is 1. The van der Waals surface area contributed by atoms with Crippen LogP contribution in [0.4, 0.5) is 13.2 Å². The molecule has 0 atom stereocenters. The van der Waals surface area contributed by atoms with Crippen LogP contribution in [0.3, 0.4) is 0 Å². The van der Waals surface area contributed by atoms with Gasteiger partial charge in [0.25, 0.3) is 0 Å². The molecule has 0 heterocycles. The van der Waals surface area contributed by atoms with Crippen molar-refractivity contribution >= 4 is 0 Å². The number of benzene rings is 1. The van der Waals surface area contributed by atoms with Gasteiger partial charge >= 0.3 is 6.18 Å². The molecule has 1 aromatic rings. The van der Waals surface area contributed by atoms with E-state index < -0.39 is 17.3 Å². The van der Waals surface area contributed by atoms with Gasteiger partial charge in [0.1, 0.15) is 0 Å². The fourth-order valence-corrected chi connectivity index (χ4v) is 1.89. The van der Waals surface area contributed by atoms with E-state index in [-0.39, 0.29) is 0 Å². The summed E-state index contributed by atoms with van der Waals surface area (Å²) in [4.78, 5) is 0. The van der Waals surface area contributed by atoms with Crippen molar-refractivity contribution in [3.63, 3.8) is 0 Å². The lowest BCUT2D eigenvalue weighted by Gasteiger charge is -2.17. The SMILES string of the molecule is Cc1cccc(C(F)(F)F)c1CC1(N)CC1. The third kappa shape index (κ3) is 2.21. The zero-order valence-electron chi connectivity index (χ0n) is 9.06. The van der Waals surface area contributed by atoms with E-state index in [4.69, 9.17) is 5.73 Å². The molecule has 16 heavy (non-hydrogen) atoms. The molecule has 0 saturated heterocycles. The van der Waals surface area contributed by atoms with E-state index in [1.165, 1.54) is 6.07 Å². The third-order valence-electron chi connectivity index (χ3n) is 3.14. The molecule has 0 amide bonds. The Morgan fingerprint density at radius 2 is 1.94 bits per heavy atom. The van der Waals surface area contributed by atoms with E-state index >= 15 is 0 Å². The highest BCUT2D eigenvalue weighted by Crippen LogP contribution is 2.40. The van der Waals surface area contributed by atoms with Crippen LogP contribution in [-0.2, 0) is 12.6 Å². The van der Waals surface area contributed by atoms with E-state index in [9.17, 15) is 13.2 Å². The first kappa shape index (κ1) is 11.5. The first-order valence-corrected chi connectivity index (χ1v) is 5.26. The Kier molecular flexibility index (Phi) is 2.49. The molecule has 0 bridgehead atoms. The monoisotopic (exact) mass is 229 g/mol. The van der Waals surface area contributed by atoms with Crippen LogP contribution in [0.5, 0.6) is 0 Å². The highest BCUT2D eigenvalue weighted by Gasteiger charge is 2.41. The van der Waals surface area contributed by atoms with Gasteiger partial charge in [0, 0.05) is 5.54 Å². The quantitative estimate of drug-likeness (QED) is 0.828. The van der Waals surface area contributed by atoms with Gasteiger partial charge in [0.05, 0.1) is 5.56 Å². The number of alkyl halides is 3. The Morgan fingerprint density at radius 1 is 1.31 bits per heavy atom. The number of hydrogen-bond acceptors (Lipinski definition) is 1. The van der Waals surface area contributed by atoms with Gasteiger partial charge in [0.15, 0.2) is 0 Å². The van der Waals surface area contributed by atoms with Crippen LogP contribution >= 0.6 is 0 Å². The van der Waals surface area contributed by atoms with Crippen LogP contribution in [0.1, 0.15) is 29.5 Å². The summed E-state index contributed by atoms with van der Waals surface area (Å²) in [5.74, 6) is 0. The highest BCUT2D eigenvalue weighted by molar-refractivity contribution is 5.38. The van der Waals surface area contributed by atoms with Crippen molar-refractivity contribution in [2.75, 3.05) is 0 Å². The maximum absolute atomic E-state index is 12.8. The van der Waals surface area contributed by atoms with Gasteiger partial charge in [-0.1, -0.05) is 12.1 Å². The lowest BCUT2D eigenvalue weighted by Crippen LogP contribution is -2.26. The summed E-state index contributed by atoms with van der Waals surface area (Å²) in [6.07, 6.45) is -2.32. The van der Waals surface area contributed by atoms with Crippen molar-refractivity contribution < 1.29 is 13.2 Å². The zero-order chi connectivity index (χ0) is 12.0. The minimum atomic E-state index is -4.29. The number of hydrogen-bond donors (Lipinski definition) is 1. The molecule has 1 aliphatic carbocycles. The molecule has 1 saturated carbocycles. The highest BCUT2D eigenvalue weighted by atomic mass is 19.4. The van der Waals surface area contributed by atoms with Crippen LogP contribution in [-0.4, -0.2) is 5.54 Å². The first-order valence-electron chi connectivity index (χ1n) is 5.26. The number of halogens is 3. The van der Waals surface area contributed by atoms with E-state index in [1.54, 1.807) is 13.0 Å². The van der Waals surface area contributed by atoms with Crippen molar-refractivity contribution in [1.29, 1.82) is 0 Å². The van der Waals surface area contributed by atoms with Crippen LogP contribution in [0.25, 0.3) is 0 Å². The largest absolute Gasteiger partial charge is 0.416 e. The third-order valence-corrected chi connectivity index (χ3v) is 3.14. The molecule has 4 heteroatoms. The second kappa shape index (κ2) is 3.48. The topological polar surface area (TPSA) is 26.0 Å². The average Bonchev–Trinajstić information content (AvgIpc) is 2.86. The molecule has 2 rings (SSSR count). The van der Waals surface area contributed by atoms with Gasteiger partial charge in [0.2, 0.25) is 0 Å². The van der Waals surface area contributed by atoms with Crippen LogP contribution in [0, 0.1) is 6.92 Å². The Bertz CT molecular complexity index is 405. The van der Waals surface area contributed by atoms with Gasteiger partial charge in [-0.3, -0.25) is 0 Å². The van der Waals surface area contributed by atoms with Crippen molar-refractivity contribution in [3.05, 3.63) is 34.9 Å². The lowest BCUT2D eigenvalue weighted by atomic mass is 9.94. The molecule has 0 radical (unpaired) electrons. The molecule has 0 aliphatic heterocycles. The van der Waals surface area contributed by atoms with Gasteiger partial charge in [-0.25, -0.2) is 0 Å². The summed E-state index contributed by atoms with van der Waals surface area (Å²) in [5.41, 5.74) is 5.99. The lowest BCUT2D eigenvalue weighted by molar-refractivity contribution is -0.138. The molecule has 1 fully saturated rings. The molecular formula is C12H14F3N. The number of rotatable bonds is 2. The maximum Gasteiger partial charge on any atom is 0.416 e. The van der Waals surface area contributed by atoms with Gasteiger partial charge in [-0.05, 0) is 43.4 Å². The second-order valence-electron chi connectivity index (χ2n) is 4.64. The summed E-state index contributed by atoms with van der Waals surface area (Å²) in [5, 5.41) is 0. The van der Waals surface area contributed by atoms with Crippen LogP contribution in [0.15, 0.2) is 18.2 Å². The standard InChI is InChI=1S/C12H14F3N/c1-8-3-2-4-10(12(13,14)15)9(8)7-11(16)5-6-11/h2-4H,5-7,16H2,1H3. The van der Waals surface area contributed by atoms with Crippen molar-refractivity contribution in [1.82, 2.24) is 0 Å². The van der Waals surface area contributed by atoms with E-state index in [1.807, 2.05) is 0 Å². The smallest absolute Gasteiger partial charge is 0.325 e. The Balaban J connectivity index is 2.40. The molecular weight excluding hydrogens is 215 g/mol. The minimum absolute atomic E-state index is 0.328. The molecule has 1 aliphatic rings. The summed E-state index contributed by atoms with van der Waals surface area (Å²) in [6.45, 7) is 1.70. The van der Waals surface area contributed by atoms with Gasteiger partial charge < -0.3 is 5.73 Å². The molecule has 2 N–H and O–H groups in total. The Hall–Kier alpha value is -1.03. The fraction of sp³-hybridized carbons (Fsp3) is 0.500. The van der Waals surface area contributed by atoms with Gasteiger partial charge in [-0.15, -0.1) is 0 Å². The van der Waals surface area contributed by atoms with Crippen LogP contribution in [0.2, 0.25) is 0 Å².